The highest BCUT2D eigenvalue weighted by Crippen LogP contribution is 2.34. The Morgan fingerprint density at radius 3 is 2.24 bits per heavy atom. The smallest absolute Gasteiger partial charge is 0.335 e. The fraction of sp³-hybridized carbons (Fsp3) is 0.414. The Hall–Kier alpha value is -3.53. The molecule has 0 unspecified atom stereocenters. The summed E-state index contributed by atoms with van der Waals surface area (Å²) in [4.78, 5) is 34.5. The summed E-state index contributed by atoms with van der Waals surface area (Å²) < 4.78 is 6.07. The molecular weight excluding hydrogens is 490 g/mol. The topological polar surface area (TPSA) is 149 Å². The molecule has 1 aliphatic carbocycles. The van der Waals surface area contributed by atoms with E-state index in [0.717, 1.165) is 59.2 Å². The van der Waals surface area contributed by atoms with Crippen LogP contribution in [-0.4, -0.2) is 74.4 Å². The second-order valence-electron chi connectivity index (χ2n) is 10.0. The second kappa shape index (κ2) is 11.9. The van der Waals surface area contributed by atoms with Crippen LogP contribution in [0.15, 0.2) is 52.9 Å². The van der Waals surface area contributed by atoms with Gasteiger partial charge in [0.1, 0.15) is 11.3 Å². The lowest BCUT2D eigenvalue weighted by atomic mass is 9.99. The number of nitrogens with zero attached hydrogens (tertiary/aromatic N) is 1. The molecular formula is C29H33NO8. The largest absolute Gasteiger partial charge is 0.479 e. The molecule has 38 heavy (non-hydrogen) atoms. The van der Waals surface area contributed by atoms with Crippen molar-refractivity contribution in [1.82, 2.24) is 4.90 Å². The highest BCUT2D eigenvalue weighted by atomic mass is 16.4. The van der Waals surface area contributed by atoms with E-state index in [-0.39, 0.29) is 5.92 Å². The summed E-state index contributed by atoms with van der Waals surface area (Å²) in [7, 11) is 0. The van der Waals surface area contributed by atoms with Gasteiger partial charge in [-0.05, 0) is 74.5 Å². The number of carbonyl (C=O) groups is 3. The number of hydrogen-bond acceptors (Lipinski definition) is 7. The van der Waals surface area contributed by atoms with E-state index in [9.17, 15) is 14.4 Å². The minimum atomic E-state index is -2.27. The summed E-state index contributed by atoms with van der Waals surface area (Å²) in [6, 6.07) is 17.3. The van der Waals surface area contributed by atoms with Gasteiger partial charge in [-0.2, -0.15) is 0 Å². The standard InChI is InChI=1S/C25H27NO2.C4H6O6/c1-17-4-3-12-26(17)13-11-23-16-22-15-20(9-10-24(22)28-23)19-5-2-6-21(14-19)25(27)18-7-8-18;5-1(3(7)8)2(6)4(9)10/h2,5-6,9-10,14-18H,3-4,7-8,11-13H2,1H3;1-2,5-6H,(H,7,8)(H,9,10)/t17-;1-,2-/m11/s1. The Kier molecular flexibility index (Phi) is 8.61. The number of rotatable bonds is 9. The molecule has 3 aromatic rings. The lowest BCUT2D eigenvalue weighted by Gasteiger charge is -2.19. The molecule has 0 radical (unpaired) electrons. The van der Waals surface area contributed by atoms with Crippen molar-refractivity contribution in [2.24, 2.45) is 5.92 Å². The van der Waals surface area contributed by atoms with Crippen molar-refractivity contribution in [2.45, 2.75) is 57.3 Å². The highest BCUT2D eigenvalue weighted by molar-refractivity contribution is 6.00. The predicted octanol–water partition coefficient (Wildman–Crippen LogP) is 3.60. The van der Waals surface area contributed by atoms with Gasteiger partial charge >= 0.3 is 11.9 Å². The number of hydrogen-bond donors (Lipinski definition) is 4. The van der Waals surface area contributed by atoms with E-state index in [1.165, 1.54) is 19.4 Å². The van der Waals surface area contributed by atoms with E-state index in [1.807, 2.05) is 18.2 Å². The number of carbonyl (C=O) groups excluding carboxylic acids is 1. The van der Waals surface area contributed by atoms with Crippen LogP contribution in [0.3, 0.4) is 0 Å². The number of Topliss-reactive ketones (excluding diaryl/α,β-unsaturated/α-hetero) is 1. The third-order valence-electron chi connectivity index (χ3n) is 7.14. The summed E-state index contributed by atoms with van der Waals surface area (Å²) >= 11 is 0. The second-order valence-corrected chi connectivity index (χ2v) is 10.0. The monoisotopic (exact) mass is 523 g/mol. The summed E-state index contributed by atoms with van der Waals surface area (Å²) in [5, 5.41) is 33.7. The van der Waals surface area contributed by atoms with E-state index < -0.39 is 24.1 Å². The average molecular weight is 524 g/mol. The van der Waals surface area contributed by atoms with E-state index in [1.54, 1.807) is 0 Å². The Balaban J connectivity index is 0.000000289. The van der Waals surface area contributed by atoms with Gasteiger partial charge in [0, 0.05) is 35.9 Å². The molecule has 2 aromatic carbocycles. The molecule has 4 N–H and O–H groups in total. The van der Waals surface area contributed by atoms with Crippen molar-refractivity contribution in [1.29, 1.82) is 0 Å². The number of fused-ring (bicyclic) bond motifs is 1. The van der Waals surface area contributed by atoms with Crippen molar-refractivity contribution in [3.05, 3.63) is 59.9 Å². The fourth-order valence-electron chi connectivity index (χ4n) is 4.68. The zero-order chi connectivity index (χ0) is 27.4. The number of carboxylic acid groups (broad SMARTS) is 2. The van der Waals surface area contributed by atoms with Crippen LogP contribution in [0.2, 0.25) is 0 Å². The molecule has 0 amide bonds. The number of aliphatic carboxylic acids is 2. The Bertz CT molecular complexity index is 1290. The van der Waals surface area contributed by atoms with Crippen LogP contribution in [0.25, 0.3) is 22.1 Å². The van der Waals surface area contributed by atoms with Crippen molar-refractivity contribution < 1.29 is 39.2 Å². The third kappa shape index (κ3) is 6.66. The molecule has 5 rings (SSSR count). The molecule has 2 heterocycles. The predicted molar refractivity (Wildman–Crippen MR) is 140 cm³/mol. The van der Waals surface area contributed by atoms with Gasteiger partial charge in [-0.25, -0.2) is 9.59 Å². The number of likely N-dealkylation sites (tertiary alicyclic amines) is 1. The van der Waals surface area contributed by atoms with Gasteiger partial charge in [-0.15, -0.1) is 0 Å². The molecule has 0 spiro atoms. The van der Waals surface area contributed by atoms with E-state index in [4.69, 9.17) is 24.8 Å². The quantitative estimate of drug-likeness (QED) is 0.309. The number of aliphatic hydroxyl groups excluding tert-OH is 2. The molecule has 202 valence electrons. The van der Waals surface area contributed by atoms with Crippen LogP contribution >= 0.6 is 0 Å². The zero-order valence-electron chi connectivity index (χ0n) is 21.2. The lowest BCUT2D eigenvalue weighted by Crippen LogP contribution is -2.39. The van der Waals surface area contributed by atoms with Crippen LogP contribution < -0.4 is 0 Å². The molecule has 1 aliphatic heterocycles. The fourth-order valence-corrected chi connectivity index (χ4v) is 4.68. The molecule has 3 atom stereocenters. The molecule has 9 nitrogen and oxygen atoms in total. The Morgan fingerprint density at radius 1 is 0.947 bits per heavy atom. The highest BCUT2D eigenvalue weighted by Gasteiger charge is 2.30. The van der Waals surface area contributed by atoms with Crippen molar-refractivity contribution in [3.63, 3.8) is 0 Å². The summed E-state index contributed by atoms with van der Waals surface area (Å²) in [5.74, 6) is -1.93. The molecule has 1 saturated heterocycles. The lowest BCUT2D eigenvalue weighted by molar-refractivity contribution is -0.165. The minimum Gasteiger partial charge on any atom is -0.479 e. The zero-order valence-corrected chi connectivity index (χ0v) is 21.2. The number of aliphatic hydroxyl groups is 2. The van der Waals surface area contributed by atoms with Gasteiger partial charge in [0.05, 0.1) is 0 Å². The van der Waals surface area contributed by atoms with Gasteiger partial charge in [0.15, 0.2) is 18.0 Å². The summed E-state index contributed by atoms with van der Waals surface area (Å²) in [5.41, 5.74) is 4.02. The molecule has 2 fully saturated rings. The van der Waals surface area contributed by atoms with Gasteiger partial charge < -0.3 is 29.7 Å². The van der Waals surface area contributed by atoms with E-state index in [2.05, 4.69) is 42.2 Å². The first-order valence-corrected chi connectivity index (χ1v) is 12.9. The molecule has 2 aliphatic rings. The normalized spacial score (nSPS) is 19.0. The van der Waals surface area contributed by atoms with E-state index in [0.29, 0.717) is 11.8 Å². The van der Waals surface area contributed by atoms with Crippen molar-refractivity contribution in [3.8, 4) is 11.1 Å². The SMILES string of the molecule is C[C@@H]1CCCN1CCc1cc2cc(-c3cccc(C(=O)C4CC4)c3)ccc2o1.O=C(O)[C@H](O)[C@@H](O)C(=O)O. The van der Waals surface area contributed by atoms with Gasteiger partial charge in [0.25, 0.3) is 0 Å². The molecule has 1 aromatic heterocycles. The number of carboxylic acids is 2. The van der Waals surface area contributed by atoms with Crippen LogP contribution in [0.4, 0.5) is 0 Å². The molecule has 9 heteroatoms. The Morgan fingerprint density at radius 2 is 1.63 bits per heavy atom. The number of furan rings is 1. The minimum absolute atomic E-state index is 0.257. The maximum Gasteiger partial charge on any atom is 0.335 e. The first-order valence-electron chi connectivity index (χ1n) is 12.9. The van der Waals surface area contributed by atoms with Gasteiger partial charge in [-0.3, -0.25) is 4.79 Å². The van der Waals surface area contributed by atoms with Crippen LogP contribution in [-0.2, 0) is 16.0 Å². The summed E-state index contributed by atoms with van der Waals surface area (Å²) in [6.45, 7) is 4.60. The van der Waals surface area contributed by atoms with Crippen LogP contribution in [0.5, 0.6) is 0 Å². The first-order chi connectivity index (χ1) is 18.1. The Labute approximate surface area is 220 Å². The first kappa shape index (κ1) is 27.5. The molecule has 0 bridgehead atoms. The average Bonchev–Trinajstić information content (AvgIpc) is 3.55. The number of benzene rings is 2. The maximum absolute atomic E-state index is 12.4. The van der Waals surface area contributed by atoms with Crippen LogP contribution in [0, 0.1) is 5.92 Å². The third-order valence-corrected chi connectivity index (χ3v) is 7.14. The van der Waals surface area contributed by atoms with Crippen LogP contribution in [0.1, 0.15) is 48.7 Å². The van der Waals surface area contributed by atoms with Gasteiger partial charge in [-0.1, -0.05) is 24.3 Å². The maximum atomic E-state index is 12.4. The summed E-state index contributed by atoms with van der Waals surface area (Å²) in [6.07, 6.45) is 1.14. The van der Waals surface area contributed by atoms with Crippen molar-refractivity contribution >= 4 is 28.7 Å². The van der Waals surface area contributed by atoms with Crippen molar-refractivity contribution in [2.75, 3.05) is 13.1 Å². The van der Waals surface area contributed by atoms with Gasteiger partial charge in [0.2, 0.25) is 0 Å². The van der Waals surface area contributed by atoms with E-state index >= 15 is 0 Å². The molecule has 1 saturated carbocycles. The number of ketones is 1.